The predicted molar refractivity (Wildman–Crippen MR) is 183 cm³/mol. The number of fused-ring (bicyclic) bond motifs is 1. The van der Waals surface area contributed by atoms with Crippen LogP contribution in [0.2, 0.25) is 0 Å². The van der Waals surface area contributed by atoms with Crippen molar-refractivity contribution < 1.29 is 42.1 Å². The summed E-state index contributed by atoms with van der Waals surface area (Å²) in [5.74, 6) is -0.257. The predicted octanol–water partition coefficient (Wildman–Crippen LogP) is 3.12. The number of piperazine rings is 1. The number of alkyl halides is 3. The van der Waals surface area contributed by atoms with E-state index in [9.17, 15) is 33.0 Å². The molecule has 0 bridgehead atoms. The van der Waals surface area contributed by atoms with E-state index in [2.05, 4.69) is 15.3 Å². The van der Waals surface area contributed by atoms with E-state index in [1.165, 1.54) is 6.33 Å². The summed E-state index contributed by atoms with van der Waals surface area (Å²) < 4.78 is 50.9. The van der Waals surface area contributed by atoms with Crippen molar-refractivity contribution in [1.82, 2.24) is 30.4 Å². The number of furan rings is 1. The number of hydrogen-bond acceptors (Lipinski definition) is 10. The van der Waals surface area contributed by atoms with Gasteiger partial charge in [0, 0.05) is 43.9 Å². The van der Waals surface area contributed by atoms with Crippen LogP contribution in [0, 0.1) is 5.92 Å². The second-order valence-corrected chi connectivity index (χ2v) is 13.1. The number of aliphatic hydroxyl groups excluding tert-OH is 2. The minimum Gasteiger partial charge on any atom is -0.490 e. The molecule has 2 aromatic heterocycles. The van der Waals surface area contributed by atoms with Gasteiger partial charge in [-0.25, -0.2) is 9.97 Å². The third kappa shape index (κ3) is 9.73. The van der Waals surface area contributed by atoms with Gasteiger partial charge in [0.1, 0.15) is 48.8 Å². The molecule has 1 fully saturated rings. The zero-order valence-electron chi connectivity index (χ0n) is 28.3. The number of halogens is 3. The number of carbonyl (C=O) groups excluding carboxylic acids is 2. The van der Waals surface area contributed by atoms with Gasteiger partial charge in [-0.05, 0) is 42.7 Å². The number of nitrogens with one attached hydrogen (secondary N) is 2. The molecule has 2 amide bonds. The van der Waals surface area contributed by atoms with Crippen molar-refractivity contribution in [2.45, 2.75) is 49.9 Å². The van der Waals surface area contributed by atoms with Gasteiger partial charge in [0.2, 0.25) is 11.8 Å². The van der Waals surface area contributed by atoms with Crippen LogP contribution in [0.3, 0.4) is 0 Å². The lowest BCUT2D eigenvalue weighted by atomic mass is 9.90. The molecule has 2 aromatic carbocycles. The summed E-state index contributed by atoms with van der Waals surface area (Å²) in [5.41, 5.74) is 2.10. The molecule has 4 heterocycles. The van der Waals surface area contributed by atoms with Gasteiger partial charge in [0.15, 0.2) is 5.76 Å². The number of aliphatic hydroxyl groups is 2. The topological polar surface area (TPSA) is 153 Å². The Hall–Kier alpha value is -4.83. The number of carbonyl (C=O) groups is 2. The van der Waals surface area contributed by atoms with Crippen LogP contribution < -0.4 is 15.4 Å². The molecule has 2 aliphatic heterocycles. The molecule has 4 N–H and O–H groups in total. The fraction of sp³-hybridized carbons (Fsp3) is 0.405. The summed E-state index contributed by atoms with van der Waals surface area (Å²) in [6, 6.07) is 19.9. The van der Waals surface area contributed by atoms with E-state index in [-0.39, 0.29) is 45.0 Å². The summed E-state index contributed by atoms with van der Waals surface area (Å²) in [6.45, 7) is -0.464. The van der Waals surface area contributed by atoms with Crippen LogP contribution in [-0.2, 0) is 22.6 Å². The first-order valence-electron chi connectivity index (χ1n) is 17.1. The monoisotopic (exact) mass is 722 g/mol. The van der Waals surface area contributed by atoms with Gasteiger partial charge in [0.25, 0.3) is 0 Å². The molecule has 0 spiro atoms. The fourth-order valence-electron chi connectivity index (χ4n) is 6.70. The number of hydrogen-bond donors (Lipinski definition) is 4. The molecule has 12 nitrogen and oxygen atoms in total. The van der Waals surface area contributed by atoms with Gasteiger partial charge < -0.3 is 30.0 Å². The summed E-state index contributed by atoms with van der Waals surface area (Å²) in [4.78, 5) is 38.8. The smallest absolute Gasteiger partial charge is 0.405 e. The Morgan fingerprint density at radius 3 is 2.58 bits per heavy atom. The lowest BCUT2D eigenvalue weighted by molar-refractivity contribution is -0.143. The van der Waals surface area contributed by atoms with Crippen LogP contribution in [0.15, 0.2) is 89.7 Å². The molecule has 5 atom stereocenters. The first kappa shape index (κ1) is 36.9. The van der Waals surface area contributed by atoms with Gasteiger partial charge in [-0.1, -0.05) is 48.5 Å². The van der Waals surface area contributed by atoms with Crippen LogP contribution in [0.25, 0.3) is 11.5 Å². The molecule has 4 aromatic rings. The lowest BCUT2D eigenvalue weighted by Crippen LogP contribution is -2.60. The Balaban J connectivity index is 1.15. The number of ether oxygens (including phenoxy) is 1. The second kappa shape index (κ2) is 16.7. The van der Waals surface area contributed by atoms with Gasteiger partial charge in [0.05, 0.1) is 18.7 Å². The molecule has 0 radical (unpaired) electrons. The van der Waals surface area contributed by atoms with E-state index in [4.69, 9.17) is 9.15 Å². The molecule has 1 saturated heterocycles. The molecule has 0 aliphatic carbocycles. The third-order valence-corrected chi connectivity index (χ3v) is 9.26. The molecule has 2 aliphatic rings. The number of aromatic nitrogens is 2. The Kier molecular flexibility index (Phi) is 11.8. The van der Waals surface area contributed by atoms with Gasteiger partial charge >= 0.3 is 6.18 Å². The highest BCUT2D eigenvalue weighted by atomic mass is 19.4. The SMILES string of the molecule is O=C(N[C@H]1c2ccccc2OC[C@H]1O)[C@H](Cc1ccccc1)C[C@H](O)CN1CCN(Cc2ccc(-c3ccncn3)o2)C[C@H]1C(=O)NCC(F)(F)F. The van der Waals surface area contributed by atoms with Crippen LogP contribution >= 0.6 is 0 Å². The summed E-state index contributed by atoms with van der Waals surface area (Å²) >= 11 is 0. The Morgan fingerprint density at radius 1 is 1.02 bits per heavy atom. The molecular formula is C37H41F3N6O6. The van der Waals surface area contributed by atoms with Crippen molar-refractivity contribution in [3.05, 3.63) is 102 Å². The molecule has 15 heteroatoms. The van der Waals surface area contributed by atoms with Crippen molar-refractivity contribution in [2.75, 3.05) is 39.3 Å². The minimum atomic E-state index is -4.60. The minimum absolute atomic E-state index is 0.000733. The molecule has 276 valence electrons. The van der Waals surface area contributed by atoms with E-state index in [1.54, 1.807) is 53.6 Å². The Labute approximate surface area is 298 Å². The first-order chi connectivity index (χ1) is 25.0. The van der Waals surface area contributed by atoms with Crippen molar-refractivity contribution in [3.63, 3.8) is 0 Å². The maximum atomic E-state index is 13.9. The van der Waals surface area contributed by atoms with Gasteiger partial charge in [-0.15, -0.1) is 0 Å². The standard InChI is InChI=1S/C37H41F3N6O6/c38-37(39,40)22-42-36(50)30-20-45(19-27-10-11-33(52-27)29-12-13-41-23-43-29)14-15-46(30)18-26(47)17-25(16-24-6-2-1-3-7-24)35(49)44-34-28-8-4-5-9-32(28)51-21-31(34)48/h1-13,23,25-26,30-31,34,47-48H,14-22H2,(H,42,50)(H,44,49)/t25-,26+,30+,31-,34+/m1/s1. The highest BCUT2D eigenvalue weighted by molar-refractivity contribution is 5.82. The zero-order chi connectivity index (χ0) is 36.7. The van der Waals surface area contributed by atoms with E-state index in [1.807, 2.05) is 40.5 Å². The van der Waals surface area contributed by atoms with Crippen molar-refractivity contribution in [3.8, 4) is 17.2 Å². The van der Waals surface area contributed by atoms with E-state index < -0.39 is 48.8 Å². The maximum Gasteiger partial charge on any atom is 0.405 e. The Morgan fingerprint density at radius 2 is 1.81 bits per heavy atom. The van der Waals surface area contributed by atoms with E-state index >= 15 is 0 Å². The quantitative estimate of drug-likeness (QED) is 0.162. The fourth-order valence-corrected chi connectivity index (χ4v) is 6.70. The highest BCUT2D eigenvalue weighted by Gasteiger charge is 2.38. The number of rotatable bonds is 13. The van der Waals surface area contributed by atoms with Crippen LogP contribution in [0.1, 0.15) is 29.3 Å². The van der Waals surface area contributed by atoms with E-state index in [0.29, 0.717) is 41.6 Å². The summed E-state index contributed by atoms with van der Waals surface area (Å²) in [6.07, 6.45) is -3.43. The van der Waals surface area contributed by atoms with Crippen molar-refractivity contribution in [2.24, 2.45) is 5.92 Å². The highest BCUT2D eigenvalue weighted by Crippen LogP contribution is 2.32. The van der Waals surface area contributed by atoms with E-state index in [0.717, 1.165) is 5.56 Å². The maximum absolute atomic E-state index is 13.9. The van der Waals surface area contributed by atoms with Crippen LogP contribution in [-0.4, -0.2) is 106 Å². The number of para-hydroxylation sites is 1. The molecule has 0 unspecified atom stereocenters. The number of nitrogens with zero attached hydrogens (tertiary/aromatic N) is 4. The number of β-amino-alcohol motifs (C(OH)–C–C–N with tert-alkyl or cyclic N) is 1. The zero-order valence-corrected chi connectivity index (χ0v) is 28.3. The normalized spacial score (nSPS) is 20.7. The molecule has 0 saturated carbocycles. The number of amides is 2. The van der Waals surface area contributed by atoms with Crippen LogP contribution in [0.4, 0.5) is 13.2 Å². The van der Waals surface area contributed by atoms with Crippen molar-refractivity contribution >= 4 is 11.8 Å². The molecular weight excluding hydrogens is 681 g/mol. The summed E-state index contributed by atoms with van der Waals surface area (Å²) in [7, 11) is 0. The molecule has 6 rings (SSSR count). The Bertz CT molecular complexity index is 1780. The van der Waals surface area contributed by atoms with Crippen LogP contribution in [0.5, 0.6) is 5.75 Å². The van der Waals surface area contributed by atoms with Gasteiger partial charge in [-0.3, -0.25) is 19.4 Å². The third-order valence-electron chi connectivity index (χ3n) is 9.26. The average molecular weight is 723 g/mol. The number of benzene rings is 2. The lowest BCUT2D eigenvalue weighted by Gasteiger charge is -2.41. The van der Waals surface area contributed by atoms with Gasteiger partial charge in [-0.2, -0.15) is 13.2 Å². The average Bonchev–Trinajstić information content (AvgIpc) is 3.61. The largest absolute Gasteiger partial charge is 0.490 e. The van der Waals surface area contributed by atoms with Crippen molar-refractivity contribution in [1.29, 1.82) is 0 Å². The second-order valence-electron chi connectivity index (χ2n) is 13.1. The molecule has 52 heavy (non-hydrogen) atoms. The summed E-state index contributed by atoms with van der Waals surface area (Å²) in [5, 5.41) is 27.2. The first-order valence-corrected chi connectivity index (χ1v) is 17.1.